The van der Waals surface area contributed by atoms with E-state index in [1.54, 1.807) is 19.1 Å². The van der Waals surface area contributed by atoms with Crippen LogP contribution in [0, 0.1) is 19.7 Å². The van der Waals surface area contributed by atoms with Crippen LogP contribution in [0.3, 0.4) is 0 Å². The second-order valence-electron chi connectivity index (χ2n) is 7.62. The van der Waals surface area contributed by atoms with Gasteiger partial charge in [-0.05, 0) is 68.8 Å². The van der Waals surface area contributed by atoms with Crippen molar-refractivity contribution in [3.8, 4) is 11.5 Å². The molecule has 3 rings (SSSR count). The third-order valence-corrected chi connectivity index (χ3v) is 5.63. The molecular weight excluding hydrogens is 521 g/mol. The van der Waals surface area contributed by atoms with Crippen LogP contribution in [0.4, 0.5) is 10.1 Å². The van der Waals surface area contributed by atoms with Gasteiger partial charge in [0.25, 0.3) is 11.8 Å². The fraction of sp³-hybridized carbons (Fsp3) is 0.240. The van der Waals surface area contributed by atoms with E-state index in [4.69, 9.17) is 21.1 Å². The molecule has 0 fully saturated rings. The smallest absolute Gasteiger partial charge is 0.262 e. The Balaban J connectivity index is 1.57. The molecule has 2 aromatic carbocycles. The summed E-state index contributed by atoms with van der Waals surface area (Å²) in [5, 5.41) is 7.28. The number of hydrogen-bond acceptors (Lipinski definition) is 8. The molecule has 0 saturated heterocycles. The van der Waals surface area contributed by atoms with Gasteiger partial charge in [0.2, 0.25) is 0 Å². The number of hydrazone groups is 1. The van der Waals surface area contributed by atoms with E-state index in [1.165, 1.54) is 42.2 Å². The summed E-state index contributed by atoms with van der Waals surface area (Å²) in [4.78, 5) is 32.9. The van der Waals surface area contributed by atoms with Gasteiger partial charge in [0.1, 0.15) is 5.82 Å². The van der Waals surface area contributed by atoms with E-state index in [0.717, 1.165) is 11.4 Å². The molecule has 0 saturated carbocycles. The maximum absolute atomic E-state index is 13.0. The lowest BCUT2D eigenvalue weighted by atomic mass is 10.2. The number of carbonyl (C=O) groups is 2. The number of rotatable bonds is 11. The molecule has 0 aliphatic heterocycles. The first-order valence-corrected chi connectivity index (χ1v) is 12.5. The molecule has 0 aliphatic carbocycles. The number of nitrogens with one attached hydrogen (secondary N) is 2. The minimum Gasteiger partial charge on any atom is -0.490 e. The third kappa shape index (κ3) is 9.03. The minimum absolute atomic E-state index is 0.0952. The van der Waals surface area contributed by atoms with Crippen molar-refractivity contribution >= 4 is 47.1 Å². The predicted octanol–water partition coefficient (Wildman–Crippen LogP) is 4.54. The highest BCUT2D eigenvalue weighted by atomic mass is 35.5. The number of amides is 2. The summed E-state index contributed by atoms with van der Waals surface area (Å²) in [6.45, 7) is 5.50. The Morgan fingerprint density at radius 1 is 1.08 bits per heavy atom. The van der Waals surface area contributed by atoms with Gasteiger partial charge >= 0.3 is 0 Å². The molecule has 1 aromatic heterocycles. The fourth-order valence-electron chi connectivity index (χ4n) is 3.03. The van der Waals surface area contributed by atoms with E-state index in [1.807, 2.05) is 19.9 Å². The van der Waals surface area contributed by atoms with Crippen LogP contribution in [0.15, 0.2) is 52.7 Å². The van der Waals surface area contributed by atoms with Crippen LogP contribution in [0.25, 0.3) is 0 Å². The first kappa shape index (κ1) is 27.9. The first-order chi connectivity index (χ1) is 17.7. The molecular formula is C25H25ClFN5O4S. The van der Waals surface area contributed by atoms with E-state index in [-0.39, 0.29) is 29.0 Å². The molecule has 1 heterocycles. The topological polar surface area (TPSA) is 115 Å². The number of carbonyl (C=O) groups excluding carboxylic acids is 2. The van der Waals surface area contributed by atoms with Crippen molar-refractivity contribution in [3.05, 3.63) is 70.3 Å². The lowest BCUT2D eigenvalue weighted by Gasteiger charge is -2.14. The van der Waals surface area contributed by atoms with Crippen LogP contribution < -0.4 is 20.2 Å². The highest BCUT2D eigenvalue weighted by molar-refractivity contribution is 7.99. The van der Waals surface area contributed by atoms with E-state index < -0.39 is 11.7 Å². The van der Waals surface area contributed by atoms with Gasteiger partial charge in [-0.2, -0.15) is 5.10 Å². The lowest BCUT2D eigenvalue weighted by molar-refractivity contribution is -0.119. The molecule has 12 heteroatoms. The molecule has 0 aliphatic rings. The standard InChI is InChI=1S/C25H25ClFN5O4S/c1-4-35-21-11-17(12-28-32-23(34)14-37-25-29-15(2)9-16(3)30-25)10-20(26)24(21)36-13-22(33)31-19-7-5-18(27)6-8-19/h5-12H,4,13-14H2,1-3H3,(H,31,33)(H,32,34)/b28-12-. The second kappa shape index (κ2) is 13.6. The Labute approximate surface area is 222 Å². The quantitative estimate of drug-likeness (QED) is 0.157. The average molecular weight is 546 g/mol. The van der Waals surface area contributed by atoms with Crippen molar-refractivity contribution in [2.24, 2.45) is 5.10 Å². The Morgan fingerprint density at radius 2 is 1.78 bits per heavy atom. The maximum Gasteiger partial charge on any atom is 0.262 e. The number of aryl methyl sites for hydroxylation is 2. The number of anilines is 1. The number of ether oxygens (including phenoxy) is 2. The molecule has 2 amide bonds. The van der Waals surface area contributed by atoms with Gasteiger partial charge in [-0.15, -0.1) is 0 Å². The predicted molar refractivity (Wildman–Crippen MR) is 141 cm³/mol. The van der Waals surface area contributed by atoms with Gasteiger partial charge in [0.15, 0.2) is 23.3 Å². The third-order valence-electron chi connectivity index (χ3n) is 4.50. The monoisotopic (exact) mass is 545 g/mol. The summed E-state index contributed by atoms with van der Waals surface area (Å²) in [6, 6.07) is 10.4. The first-order valence-electron chi connectivity index (χ1n) is 11.1. The molecule has 0 radical (unpaired) electrons. The summed E-state index contributed by atoms with van der Waals surface area (Å²) < 4.78 is 24.2. The van der Waals surface area contributed by atoms with Crippen molar-refractivity contribution < 1.29 is 23.5 Å². The van der Waals surface area contributed by atoms with Crippen LogP contribution in [0.2, 0.25) is 5.02 Å². The molecule has 2 N–H and O–H groups in total. The van der Waals surface area contributed by atoms with Crippen molar-refractivity contribution in [2.45, 2.75) is 25.9 Å². The Morgan fingerprint density at radius 3 is 2.46 bits per heavy atom. The van der Waals surface area contributed by atoms with Gasteiger partial charge < -0.3 is 14.8 Å². The Bertz CT molecular complexity index is 1270. The van der Waals surface area contributed by atoms with Crippen LogP contribution in [0.1, 0.15) is 23.9 Å². The zero-order valence-electron chi connectivity index (χ0n) is 20.4. The van der Waals surface area contributed by atoms with Gasteiger partial charge in [-0.3, -0.25) is 9.59 Å². The van der Waals surface area contributed by atoms with Crippen LogP contribution in [-0.2, 0) is 9.59 Å². The highest BCUT2D eigenvalue weighted by Gasteiger charge is 2.14. The van der Waals surface area contributed by atoms with Gasteiger partial charge in [-0.25, -0.2) is 19.8 Å². The van der Waals surface area contributed by atoms with Gasteiger partial charge in [-0.1, -0.05) is 23.4 Å². The van der Waals surface area contributed by atoms with Gasteiger partial charge in [0.05, 0.1) is 23.6 Å². The summed E-state index contributed by atoms with van der Waals surface area (Å²) >= 11 is 7.58. The average Bonchev–Trinajstić information content (AvgIpc) is 2.83. The number of halogens is 2. The molecule has 9 nitrogen and oxygen atoms in total. The second-order valence-corrected chi connectivity index (χ2v) is 8.97. The molecule has 3 aromatic rings. The highest BCUT2D eigenvalue weighted by Crippen LogP contribution is 2.36. The SMILES string of the molecule is CCOc1cc(/C=N\NC(=O)CSc2nc(C)cc(C)n2)cc(Cl)c1OCC(=O)Nc1ccc(F)cc1. The number of hydrogen-bond donors (Lipinski definition) is 2. The zero-order valence-corrected chi connectivity index (χ0v) is 22.0. The number of benzene rings is 2. The van der Waals surface area contributed by atoms with Crippen molar-refractivity contribution in [2.75, 3.05) is 24.3 Å². The van der Waals surface area contributed by atoms with Crippen LogP contribution in [0.5, 0.6) is 11.5 Å². The van der Waals surface area contributed by atoms with Crippen molar-refractivity contribution in [1.82, 2.24) is 15.4 Å². The fourth-order valence-corrected chi connectivity index (χ4v) is 4.05. The number of thioether (sulfide) groups is 1. The molecule has 0 unspecified atom stereocenters. The van der Waals surface area contributed by atoms with E-state index in [9.17, 15) is 14.0 Å². The maximum atomic E-state index is 13.0. The van der Waals surface area contributed by atoms with E-state index >= 15 is 0 Å². The van der Waals surface area contributed by atoms with E-state index in [2.05, 4.69) is 25.8 Å². The zero-order chi connectivity index (χ0) is 26.8. The minimum atomic E-state index is -0.456. The summed E-state index contributed by atoms with van der Waals surface area (Å²) in [5.74, 6) is -0.604. The lowest BCUT2D eigenvalue weighted by Crippen LogP contribution is -2.20. The Hall–Kier alpha value is -3.70. The van der Waals surface area contributed by atoms with Crippen molar-refractivity contribution in [3.63, 3.8) is 0 Å². The summed E-state index contributed by atoms with van der Waals surface area (Å²) in [7, 11) is 0. The number of aromatic nitrogens is 2. The van der Waals surface area contributed by atoms with Gasteiger partial charge in [0, 0.05) is 17.1 Å². The molecule has 0 bridgehead atoms. The molecule has 0 spiro atoms. The van der Waals surface area contributed by atoms with E-state index in [0.29, 0.717) is 28.8 Å². The molecule has 37 heavy (non-hydrogen) atoms. The van der Waals surface area contributed by atoms with Crippen LogP contribution >= 0.6 is 23.4 Å². The van der Waals surface area contributed by atoms with Crippen LogP contribution in [-0.4, -0.2) is 47.0 Å². The van der Waals surface area contributed by atoms with Crippen molar-refractivity contribution in [1.29, 1.82) is 0 Å². The normalized spacial score (nSPS) is 10.8. The summed E-state index contributed by atoms with van der Waals surface area (Å²) in [6.07, 6.45) is 1.41. The molecule has 194 valence electrons. The molecule has 0 atom stereocenters. The summed E-state index contributed by atoms with van der Waals surface area (Å²) in [5.41, 5.74) is 5.08. The largest absolute Gasteiger partial charge is 0.490 e. The Kier molecular flexibility index (Phi) is 10.2. The number of nitrogens with zero attached hydrogens (tertiary/aromatic N) is 3.